The Morgan fingerprint density at radius 2 is 2.19 bits per heavy atom. The second-order valence-corrected chi connectivity index (χ2v) is 5.62. The van der Waals surface area contributed by atoms with Gasteiger partial charge in [0.05, 0.1) is 17.6 Å². The van der Waals surface area contributed by atoms with E-state index in [1.54, 1.807) is 29.5 Å². The molecule has 1 aromatic heterocycles. The number of anilines is 1. The van der Waals surface area contributed by atoms with Crippen LogP contribution in [0, 0.1) is 10.1 Å². The fourth-order valence-electron chi connectivity index (χ4n) is 2.00. The van der Waals surface area contributed by atoms with Gasteiger partial charge < -0.3 is 10.1 Å². The lowest BCUT2D eigenvalue weighted by molar-refractivity contribution is -0.385. The molecule has 1 atom stereocenters. The van der Waals surface area contributed by atoms with Crippen LogP contribution >= 0.6 is 11.3 Å². The van der Waals surface area contributed by atoms with Gasteiger partial charge in [0.15, 0.2) is 5.75 Å². The van der Waals surface area contributed by atoms with Crippen LogP contribution in [0.4, 0.5) is 11.4 Å². The maximum Gasteiger partial charge on any atom is 0.333 e. The molecule has 0 aliphatic rings. The molecule has 0 amide bonds. The van der Waals surface area contributed by atoms with Crippen molar-refractivity contribution in [3.63, 3.8) is 0 Å². The Morgan fingerprint density at radius 3 is 2.81 bits per heavy atom. The van der Waals surface area contributed by atoms with Crippen LogP contribution in [0.25, 0.3) is 0 Å². The largest absolute Gasteiger partial charge is 0.487 e. The van der Waals surface area contributed by atoms with Gasteiger partial charge in [0.1, 0.15) is 5.69 Å². The molecule has 0 saturated heterocycles. The van der Waals surface area contributed by atoms with Gasteiger partial charge in [-0.3, -0.25) is 10.1 Å². The van der Waals surface area contributed by atoms with Crippen molar-refractivity contribution in [2.45, 2.75) is 26.3 Å². The third-order valence-corrected chi connectivity index (χ3v) is 4.04. The highest BCUT2D eigenvalue weighted by atomic mass is 32.1. The van der Waals surface area contributed by atoms with E-state index in [-0.39, 0.29) is 11.7 Å². The summed E-state index contributed by atoms with van der Waals surface area (Å²) in [4.78, 5) is 12.1. The van der Waals surface area contributed by atoms with E-state index >= 15 is 0 Å². The predicted molar refractivity (Wildman–Crippen MR) is 85.2 cm³/mol. The minimum absolute atomic E-state index is 0.00475. The molecule has 0 bridgehead atoms. The third-order valence-electron chi connectivity index (χ3n) is 2.99. The summed E-state index contributed by atoms with van der Waals surface area (Å²) in [5.41, 5.74) is 0.476. The summed E-state index contributed by atoms with van der Waals surface area (Å²) < 4.78 is 5.48. The van der Waals surface area contributed by atoms with Crippen molar-refractivity contribution in [2.75, 3.05) is 11.9 Å². The zero-order valence-corrected chi connectivity index (χ0v) is 12.9. The van der Waals surface area contributed by atoms with Crippen molar-refractivity contribution >= 4 is 22.7 Å². The monoisotopic (exact) mass is 306 g/mol. The maximum atomic E-state index is 11.4. The first kappa shape index (κ1) is 15.3. The summed E-state index contributed by atoms with van der Waals surface area (Å²) in [6.07, 6.45) is 0.806. The molecule has 112 valence electrons. The average Bonchev–Trinajstić information content (AvgIpc) is 2.99. The smallest absolute Gasteiger partial charge is 0.333 e. The van der Waals surface area contributed by atoms with Gasteiger partial charge in [-0.1, -0.05) is 19.1 Å². The van der Waals surface area contributed by atoms with Gasteiger partial charge in [-0.25, -0.2) is 0 Å². The lowest BCUT2D eigenvalue weighted by Gasteiger charge is -2.15. The fourth-order valence-corrected chi connectivity index (χ4v) is 2.73. The zero-order valence-electron chi connectivity index (χ0n) is 12.0. The Kier molecular flexibility index (Phi) is 5.16. The second-order valence-electron chi connectivity index (χ2n) is 4.64. The molecule has 0 aliphatic carbocycles. The average molecular weight is 306 g/mol. The van der Waals surface area contributed by atoms with Gasteiger partial charge in [-0.2, -0.15) is 0 Å². The second kappa shape index (κ2) is 7.08. The Balaban J connectivity index is 2.27. The van der Waals surface area contributed by atoms with E-state index in [0.29, 0.717) is 18.0 Å². The molecule has 1 aromatic carbocycles. The van der Waals surface area contributed by atoms with Crippen LogP contribution in [0.1, 0.15) is 31.2 Å². The third kappa shape index (κ3) is 3.72. The molecular weight excluding hydrogens is 288 g/mol. The van der Waals surface area contributed by atoms with E-state index in [0.717, 1.165) is 11.3 Å². The molecule has 2 rings (SSSR count). The lowest BCUT2D eigenvalue weighted by atomic mass is 10.2. The molecule has 1 heterocycles. The lowest BCUT2D eigenvalue weighted by Crippen LogP contribution is -2.08. The number of thiophene rings is 1. The molecule has 0 spiro atoms. The van der Waals surface area contributed by atoms with E-state index in [1.165, 1.54) is 0 Å². The number of para-hydroxylation sites is 1. The topological polar surface area (TPSA) is 64.4 Å². The van der Waals surface area contributed by atoms with Crippen LogP contribution in [-0.4, -0.2) is 11.5 Å². The number of hydrogen-bond acceptors (Lipinski definition) is 5. The Bertz CT molecular complexity index is 599. The summed E-state index contributed by atoms with van der Waals surface area (Å²) in [6.45, 7) is 4.41. The number of nitrogens with zero attached hydrogens (tertiary/aromatic N) is 1. The number of hydrogen-bond donors (Lipinski definition) is 1. The number of rotatable bonds is 7. The van der Waals surface area contributed by atoms with Crippen molar-refractivity contribution in [1.29, 1.82) is 0 Å². The molecule has 0 saturated carbocycles. The van der Waals surface area contributed by atoms with Crippen LogP contribution < -0.4 is 10.1 Å². The maximum absolute atomic E-state index is 11.4. The minimum Gasteiger partial charge on any atom is -0.487 e. The minimum atomic E-state index is -0.394. The first-order chi connectivity index (χ1) is 10.1. The first-order valence-corrected chi connectivity index (χ1v) is 7.71. The summed E-state index contributed by atoms with van der Waals surface area (Å²) >= 11 is 1.62. The highest BCUT2D eigenvalue weighted by Gasteiger charge is 2.22. The molecule has 5 nitrogen and oxygen atoms in total. The van der Waals surface area contributed by atoms with Crippen molar-refractivity contribution in [1.82, 2.24) is 0 Å². The van der Waals surface area contributed by atoms with Crippen LogP contribution in [0.2, 0.25) is 0 Å². The van der Waals surface area contributed by atoms with Crippen molar-refractivity contribution < 1.29 is 9.66 Å². The van der Waals surface area contributed by atoms with Crippen LogP contribution in [0.15, 0.2) is 35.7 Å². The highest BCUT2D eigenvalue weighted by Crippen LogP contribution is 2.37. The predicted octanol–water partition coefficient (Wildman–Crippen LogP) is 4.62. The van der Waals surface area contributed by atoms with Crippen LogP contribution in [0.3, 0.4) is 0 Å². The molecule has 6 heteroatoms. The van der Waals surface area contributed by atoms with Crippen molar-refractivity contribution in [3.8, 4) is 5.75 Å². The van der Waals surface area contributed by atoms with E-state index < -0.39 is 4.92 Å². The Hall–Kier alpha value is -2.08. The SMILES string of the molecule is CCCOc1cccc(NC(C)c2cccs2)c1[N+](=O)[O-]. The number of nitrogens with one attached hydrogen (secondary N) is 1. The Labute approximate surface area is 127 Å². The molecular formula is C15H18N2O3S. The van der Waals surface area contributed by atoms with Gasteiger partial charge in [-0.15, -0.1) is 11.3 Å². The number of nitro benzene ring substituents is 1. The molecule has 1 unspecified atom stereocenters. The van der Waals surface area contributed by atoms with Gasteiger partial charge in [-0.05, 0) is 36.9 Å². The first-order valence-electron chi connectivity index (χ1n) is 6.83. The van der Waals surface area contributed by atoms with Gasteiger partial charge in [0.25, 0.3) is 0 Å². The van der Waals surface area contributed by atoms with Crippen LogP contribution in [-0.2, 0) is 0 Å². The van der Waals surface area contributed by atoms with E-state index in [4.69, 9.17) is 4.74 Å². The summed E-state index contributed by atoms with van der Waals surface area (Å²) in [5, 5.41) is 16.6. The Morgan fingerprint density at radius 1 is 1.38 bits per heavy atom. The standard InChI is InChI=1S/C15H18N2O3S/c1-3-9-20-13-7-4-6-12(15(13)17(18)19)16-11(2)14-8-5-10-21-14/h4-8,10-11,16H,3,9H2,1-2H3. The van der Waals surface area contributed by atoms with E-state index in [9.17, 15) is 10.1 Å². The van der Waals surface area contributed by atoms with Gasteiger partial charge in [0.2, 0.25) is 0 Å². The zero-order chi connectivity index (χ0) is 15.2. The van der Waals surface area contributed by atoms with Gasteiger partial charge >= 0.3 is 5.69 Å². The molecule has 1 N–H and O–H groups in total. The normalized spacial score (nSPS) is 11.9. The summed E-state index contributed by atoms with van der Waals surface area (Å²) in [7, 11) is 0. The number of benzene rings is 1. The van der Waals surface area contributed by atoms with Gasteiger partial charge in [0, 0.05) is 4.88 Å². The molecule has 0 fully saturated rings. The number of ether oxygens (including phenoxy) is 1. The molecule has 0 aliphatic heterocycles. The summed E-state index contributed by atoms with van der Waals surface area (Å²) in [6, 6.07) is 9.08. The van der Waals surface area contributed by atoms with E-state index in [2.05, 4.69) is 5.32 Å². The molecule has 21 heavy (non-hydrogen) atoms. The van der Waals surface area contributed by atoms with Crippen molar-refractivity contribution in [3.05, 3.63) is 50.7 Å². The number of nitro groups is 1. The van der Waals surface area contributed by atoms with Crippen LogP contribution in [0.5, 0.6) is 5.75 Å². The summed E-state index contributed by atoms with van der Waals surface area (Å²) in [5.74, 6) is 0.310. The van der Waals surface area contributed by atoms with E-state index in [1.807, 2.05) is 31.4 Å². The fraction of sp³-hybridized carbons (Fsp3) is 0.333. The molecule has 0 radical (unpaired) electrons. The van der Waals surface area contributed by atoms with Crippen molar-refractivity contribution in [2.24, 2.45) is 0 Å². The highest BCUT2D eigenvalue weighted by molar-refractivity contribution is 7.10. The quantitative estimate of drug-likeness (QED) is 0.599. The molecule has 2 aromatic rings.